The van der Waals surface area contributed by atoms with Crippen LogP contribution in [-0.4, -0.2) is 38.9 Å². The highest BCUT2D eigenvalue weighted by Gasteiger charge is 2.30. The lowest BCUT2D eigenvalue weighted by Gasteiger charge is -2.22. The maximum atomic E-state index is 12.3. The van der Waals surface area contributed by atoms with Crippen LogP contribution in [0.25, 0.3) is 0 Å². The normalized spacial score (nSPS) is 15.3. The zero-order valence-electron chi connectivity index (χ0n) is 15.0. The molecule has 0 bridgehead atoms. The summed E-state index contributed by atoms with van der Waals surface area (Å²) in [7, 11) is -3.51. The predicted molar refractivity (Wildman–Crippen MR) is 92.1 cm³/mol. The van der Waals surface area contributed by atoms with E-state index in [-0.39, 0.29) is 13.2 Å². The highest BCUT2D eigenvalue weighted by Crippen LogP contribution is 2.31. The quantitative estimate of drug-likeness (QED) is 0.818. The van der Waals surface area contributed by atoms with Crippen LogP contribution in [-0.2, 0) is 25.9 Å². The first kappa shape index (κ1) is 19.2. The summed E-state index contributed by atoms with van der Waals surface area (Å²) in [4.78, 5) is 23.5. The van der Waals surface area contributed by atoms with E-state index in [2.05, 4.69) is 5.32 Å². The summed E-state index contributed by atoms with van der Waals surface area (Å²) in [6.45, 7) is 6.93. The minimum Gasteiger partial charge on any atom is -0.457 e. The number of carbonyl (C=O) groups excluding carboxylic acids is 2. The molecule has 7 nitrogen and oxygen atoms in total. The van der Waals surface area contributed by atoms with Gasteiger partial charge in [-0.25, -0.2) is 18.0 Å². The van der Waals surface area contributed by atoms with Gasteiger partial charge in [-0.1, -0.05) is 6.07 Å². The zero-order chi connectivity index (χ0) is 19.0. The minimum absolute atomic E-state index is 0.123. The third-order valence-corrected chi connectivity index (χ3v) is 5.36. The average molecular weight is 369 g/mol. The van der Waals surface area contributed by atoms with Gasteiger partial charge in [-0.05, 0) is 44.9 Å². The summed E-state index contributed by atoms with van der Waals surface area (Å²) < 4.78 is 34.7. The van der Waals surface area contributed by atoms with Gasteiger partial charge in [-0.15, -0.1) is 0 Å². The van der Waals surface area contributed by atoms with Crippen LogP contribution < -0.4 is 5.32 Å². The first-order valence-electron chi connectivity index (χ1n) is 7.85. The Morgan fingerprint density at radius 3 is 2.56 bits per heavy atom. The molecule has 1 N–H and O–H groups in total. The van der Waals surface area contributed by atoms with Gasteiger partial charge < -0.3 is 14.8 Å². The van der Waals surface area contributed by atoms with Crippen molar-refractivity contribution in [2.24, 2.45) is 0 Å². The van der Waals surface area contributed by atoms with Crippen molar-refractivity contribution < 1.29 is 27.5 Å². The molecular formula is C17H23NO6S. The molecule has 0 aromatic heterocycles. The van der Waals surface area contributed by atoms with E-state index in [4.69, 9.17) is 9.47 Å². The number of benzene rings is 1. The second-order valence-corrected chi connectivity index (χ2v) is 9.31. The molecule has 1 aromatic rings. The first-order chi connectivity index (χ1) is 11.4. The second-order valence-electron chi connectivity index (χ2n) is 7.08. The van der Waals surface area contributed by atoms with Gasteiger partial charge >= 0.3 is 12.1 Å². The first-order valence-corrected chi connectivity index (χ1v) is 9.81. The summed E-state index contributed by atoms with van der Waals surface area (Å²) in [6.07, 6.45) is 0.432. The van der Waals surface area contributed by atoms with Crippen LogP contribution in [0.15, 0.2) is 12.1 Å². The molecule has 1 aromatic carbocycles. The van der Waals surface area contributed by atoms with Crippen molar-refractivity contribution in [1.82, 2.24) is 5.32 Å². The summed E-state index contributed by atoms with van der Waals surface area (Å²) in [5.41, 5.74) is 1.69. The number of alkyl carbamates (subject to hydrolysis) is 1. The van der Waals surface area contributed by atoms with E-state index in [0.29, 0.717) is 22.3 Å². The van der Waals surface area contributed by atoms with Crippen LogP contribution in [0, 0.1) is 6.92 Å². The number of hydrogen-bond donors (Lipinski definition) is 1. The number of fused-ring (bicyclic) bond motifs is 1. The van der Waals surface area contributed by atoms with Gasteiger partial charge in [0.25, 0.3) is 0 Å². The van der Waals surface area contributed by atoms with Crippen LogP contribution >= 0.6 is 0 Å². The van der Waals surface area contributed by atoms with Crippen molar-refractivity contribution in [2.75, 3.05) is 12.8 Å². The second kappa shape index (κ2) is 6.67. The minimum atomic E-state index is -3.51. The number of sulfone groups is 1. The molecule has 2 rings (SSSR count). The summed E-state index contributed by atoms with van der Waals surface area (Å²) in [5.74, 6) is -0.410. The van der Waals surface area contributed by atoms with Crippen LogP contribution in [0.2, 0.25) is 0 Å². The topological polar surface area (TPSA) is 98.8 Å². The van der Waals surface area contributed by atoms with E-state index in [1.165, 1.54) is 0 Å². The molecule has 1 aliphatic rings. The molecule has 8 heteroatoms. The van der Waals surface area contributed by atoms with Gasteiger partial charge in [0.15, 0.2) is 9.84 Å². The molecule has 1 aliphatic heterocycles. The standard InChI is InChI=1S/C17H23NO6S/c1-10-11(6-7-12-13(10)9-23-15(12)19)14(25(5,21)22)8-18-16(20)24-17(2,3)4/h6-7,14H,8-9H2,1-5H3,(H,18,20)/t14-/m0/s1. The summed E-state index contributed by atoms with van der Waals surface area (Å²) >= 11 is 0. The Balaban J connectivity index is 2.28. The molecular weight excluding hydrogens is 346 g/mol. The Morgan fingerprint density at radius 2 is 2.00 bits per heavy atom. The third kappa shape index (κ3) is 4.50. The maximum absolute atomic E-state index is 12.3. The predicted octanol–water partition coefficient (Wildman–Crippen LogP) is 2.28. The van der Waals surface area contributed by atoms with Crippen LogP contribution in [0.5, 0.6) is 0 Å². The monoisotopic (exact) mass is 369 g/mol. The molecule has 0 unspecified atom stereocenters. The van der Waals surface area contributed by atoms with Crippen molar-refractivity contribution in [3.05, 3.63) is 34.4 Å². The lowest BCUT2D eigenvalue weighted by molar-refractivity contribution is 0.0520. The summed E-state index contributed by atoms with van der Waals surface area (Å²) in [6, 6.07) is 3.17. The zero-order valence-corrected chi connectivity index (χ0v) is 15.8. The number of ether oxygens (including phenoxy) is 2. The number of hydrogen-bond acceptors (Lipinski definition) is 6. The highest BCUT2D eigenvalue weighted by atomic mass is 32.2. The lowest BCUT2D eigenvalue weighted by atomic mass is 9.96. The Bertz CT molecular complexity index is 807. The Hall–Kier alpha value is -2.09. The molecule has 0 aliphatic carbocycles. The summed E-state index contributed by atoms with van der Waals surface area (Å²) in [5, 5.41) is 1.57. The highest BCUT2D eigenvalue weighted by molar-refractivity contribution is 7.91. The van der Waals surface area contributed by atoms with E-state index in [9.17, 15) is 18.0 Å². The van der Waals surface area contributed by atoms with Gasteiger partial charge in [0, 0.05) is 18.4 Å². The molecule has 0 saturated carbocycles. The van der Waals surface area contributed by atoms with Gasteiger partial charge in [0.1, 0.15) is 17.5 Å². The average Bonchev–Trinajstić information content (AvgIpc) is 2.80. The molecule has 1 amide bonds. The maximum Gasteiger partial charge on any atom is 0.407 e. The number of esters is 1. The molecule has 0 fully saturated rings. The number of nitrogens with one attached hydrogen (secondary N) is 1. The van der Waals surface area contributed by atoms with E-state index in [1.54, 1.807) is 39.8 Å². The third-order valence-electron chi connectivity index (χ3n) is 3.90. The van der Waals surface area contributed by atoms with E-state index in [0.717, 1.165) is 6.26 Å². The fourth-order valence-electron chi connectivity index (χ4n) is 2.70. The van der Waals surface area contributed by atoms with Crippen LogP contribution in [0.3, 0.4) is 0 Å². The van der Waals surface area contributed by atoms with Crippen LogP contribution in [0.1, 0.15) is 53.1 Å². The largest absolute Gasteiger partial charge is 0.457 e. The van der Waals surface area contributed by atoms with Gasteiger partial charge in [0.2, 0.25) is 0 Å². The van der Waals surface area contributed by atoms with E-state index < -0.39 is 32.8 Å². The van der Waals surface area contributed by atoms with Gasteiger partial charge in [-0.3, -0.25) is 0 Å². The van der Waals surface area contributed by atoms with Crippen molar-refractivity contribution in [3.63, 3.8) is 0 Å². The van der Waals surface area contributed by atoms with Crippen molar-refractivity contribution in [2.45, 2.75) is 45.2 Å². The molecule has 0 radical (unpaired) electrons. The van der Waals surface area contributed by atoms with Gasteiger partial charge in [-0.2, -0.15) is 0 Å². The van der Waals surface area contributed by atoms with Crippen molar-refractivity contribution >= 4 is 21.9 Å². The Kier molecular flexibility index (Phi) is 5.13. The smallest absolute Gasteiger partial charge is 0.407 e. The molecule has 138 valence electrons. The SMILES string of the molecule is Cc1c([C@H](CNC(=O)OC(C)(C)C)S(C)(=O)=O)ccc2c1COC2=O. The molecule has 1 atom stereocenters. The number of carbonyl (C=O) groups is 2. The van der Waals surface area contributed by atoms with Gasteiger partial charge in [0.05, 0.1) is 5.56 Å². The molecule has 1 heterocycles. The lowest BCUT2D eigenvalue weighted by Crippen LogP contribution is -2.36. The van der Waals surface area contributed by atoms with Crippen molar-refractivity contribution in [1.29, 1.82) is 0 Å². The molecule has 25 heavy (non-hydrogen) atoms. The molecule has 0 saturated heterocycles. The van der Waals surface area contributed by atoms with Crippen LogP contribution in [0.4, 0.5) is 4.79 Å². The van der Waals surface area contributed by atoms with E-state index in [1.807, 2.05) is 0 Å². The number of rotatable bonds is 4. The Morgan fingerprint density at radius 1 is 1.36 bits per heavy atom. The number of amides is 1. The Labute approximate surface area is 147 Å². The fourth-order valence-corrected chi connectivity index (χ4v) is 3.80. The van der Waals surface area contributed by atoms with E-state index >= 15 is 0 Å². The van der Waals surface area contributed by atoms with Crippen molar-refractivity contribution in [3.8, 4) is 0 Å². The number of cyclic esters (lactones) is 1. The fraction of sp³-hybridized carbons (Fsp3) is 0.529. The molecule has 0 spiro atoms.